The standard InChI is InChI=1S/C11H15ClN4O2/c1-2-5-14-11(17)15-9-4-3-7(6-8(9)12)10(13)16-18/h3-4,6,18H,2,5H2,1H3,(H2,13,16)(H2,14,15,17). The van der Waals surface area contributed by atoms with Crippen molar-refractivity contribution in [2.75, 3.05) is 11.9 Å². The van der Waals surface area contributed by atoms with Crippen LogP contribution in [0.15, 0.2) is 23.4 Å². The number of amides is 2. The van der Waals surface area contributed by atoms with Crippen LogP contribution in [0.2, 0.25) is 5.02 Å². The Bertz CT molecular complexity index is 462. The molecule has 0 aliphatic heterocycles. The number of hydrogen-bond donors (Lipinski definition) is 4. The zero-order valence-corrected chi connectivity index (χ0v) is 10.7. The van der Waals surface area contributed by atoms with Crippen LogP contribution in [0.3, 0.4) is 0 Å². The van der Waals surface area contributed by atoms with Gasteiger partial charge in [-0.05, 0) is 24.6 Å². The number of nitrogens with two attached hydrogens (primary N) is 1. The van der Waals surface area contributed by atoms with Crippen LogP contribution in [0, 0.1) is 0 Å². The predicted octanol–water partition coefficient (Wildman–Crippen LogP) is 1.97. The molecule has 0 spiro atoms. The Morgan fingerprint density at radius 1 is 1.56 bits per heavy atom. The van der Waals surface area contributed by atoms with Crippen molar-refractivity contribution in [1.29, 1.82) is 0 Å². The summed E-state index contributed by atoms with van der Waals surface area (Å²) in [5.74, 6) is -0.0427. The summed E-state index contributed by atoms with van der Waals surface area (Å²) in [6.07, 6.45) is 0.851. The highest BCUT2D eigenvalue weighted by atomic mass is 35.5. The Morgan fingerprint density at radius 3 is 2.83 bits per heavy atom. The molecule has 2 amide bonds. The summed E-state index contributed by atoms with van der Waals surface area (Å²) in [7, 11) is 0. The van der Waals surface area contributed by atoms with Gasteiger partial charge in [-0.1, -0.05) is 23.7 Å². The molecular formula is C11H15ClN4O2. The molecule has 0 saturated carbocycles. The predicted molar refractivity (Wildman–Crippen MR) is 71.3 cm³/mol. The van der Waals surface area contributed by atoms with Crippen LogP contribution in [0.25, 0.3) is 0 Å². The van der Waals surface area contributed by atoms with E-state index in [0.29, 0.717) is 22.8 Å². The Hall–Kier alpha value is -1.95. The molecule has 0 radical (unpaired) electrons. The minimum atomic E-state index is -0.324. The Labute approximate surface area is 110 Å². The van der Waals surface area contributed by atoms with E-state index in [2.05, 4.69) is 15.8 Å². The minimum Gasteiger partial charge on any atom is -0.409 e. The highest BCUT2D eigenvalue weighted by Crippen LogP contribution is 2.22. The summed E-state index contributed by atoms with van der Waals surface area (Å²) >= 11 is 5.97. The fourth-order valence-electron chi connectivity index (χ4n) is 1.24. The second-order valence-electron chi connectivity index (χ2n) is 3.56. The first kappa shape index (κ1) is 14.1. The van der Waals surface area contributed by atoms with E-state index >= 15 is 0 Å². The molecule has 1 aromatic rings. The lowest BCUT2D eigenvalue weighted by atomic mass is 10.2. The molecule has 0 aromatic heterocycles. The van der Waals surface area contributed by atoms with Crippen LogP contribution in [-0.2, 0) is 0 Å². The quantitative estimate of drug-likeness (QED) is 0.291. The fraction of sp³-hybridized carbons (Fsp3) is 0.273. The molecule has 0 aliphatic carbocycles. The summed E-state index contributed by atoms with van der Waals surface area (Å²) < 4.78 is 0. The van der Waals surface area contributed by atoms with Gasteiger partial charge in [-0.3, -0.25) is 0 Å². The molecule has 1 rings (SSSR count). The van der Waals surface area contributed by atoms with Gasteiger partial charge in [0.2, 0.25) is 0 Å². The van der Waals surface area contributed by atoms with E-state index in [-0.39, 0.29) is 11.9 Å². The van der Waals surface area contributed by atoms with E-state index in [9.17, 15) is 4.79 Å². The summed E-state index contributed by atoms with van der Waals surface area (Å²) in [6, 6.07) is 4.36. The number of carbonyl (C=O) groups excluding carboxylic acids is 1. The maximum atomic E-state index is 11.4. The first-order chi connectivity index (χ1) is 8.58. The van der Waals surface area contributed by atoms with Crippen LogP contribution < -0.4 is 16.4 Å². The fourth-order valence-corrected chi connectivity index (χ4v) is 1.47. The molecule has 0 aliphatic rings. The second-order valence-corrected chi connectivity index (χ2v) is 3.97. The van der Waals surface area contributed by atoms with Gasteiger partial charge in [-0.25, -0.2) is 4.79 Å². The van der Waals surface area contributed by atoms with E-state index in [0.717, 1.165) is 6.42 Å². The summed E-state index contributed by atoms with van der Waals surface area (Å²) in [5, 5.41) is 17.0. The van der Waals surface area contributed by atoms with Crippen molar-refractivity contribution >= 4 is 29.2 Å². The number of hydrogen-bond acceptors (Lipinski definition) is 3. The topological polar surface area (TPSA) is 99.7 Å². The molecule has 1 aromatic carbocycles. The highest BCUT2D eigenvalue weighted by Gasteiger charge is 2.07. The number of nitrogens with one attached hydrogen (secondary N) is 2. The zero-order valence-electron chi connectivity index (χ0n) is 9.90. The second kappa shape index (κ2) is 6.70. The Morgan fingerprint density at radius 2 is 2.28 bits per heavy atom. The third-order valence-electron chi connectivity index (χ3n) is 2.16. The van der Waals surface area contributed by atoms with Gasteiger partial charge in [0.1, 0.15) is 0 Å². The molecule has 7 heteroatoms. The number of halogens is 1. The van der Waals surface area contributed by atoms with Gasteiger partial charge in [0.05, 0.1) is 10.7 Å². The zero-order chi connectivity index (χ0) is 13.5. The number of oxime groups is 1. The number of carbonyl (C=O) groups is 1. The molecular weight excluding hydrogens is 256 g/mol. The smallest absolute Gasteiger partial charge is 0.319 e. The molecule has 98 valence electrons. The molecule has 18 heavy (non-hydrogen) atoms. The average molecular weight is 271 g/mol. The van der Waals surface area contributed by atoms with Gasteiger partial charge in [-0.15, -0.1) is 0 Å². The van der Waals surface area contributed by atoms with Crippen molar-refractivity contribution in [2.45, 2.75) is 13.3 Å². The Kier molecular flexibility index (Phi) is 5.26. The number of urea groups is 1. The van der Waals surface area contributed by atoms with E-state index in [1.807, 2.05) is 6.92 Å². The van der Waals surface area contributed by atoms with Crippen LogP contribution in [-0.4, -0.2) is 23.6 Å². The van der Waals surface area contributed by atoms with Crippen molar-refractivity contribution in [2.24, 2.45) is 10.9 Å². The molecule has 0 unspecified atom stereocenters. The largest absolute Gasteiger partial charge is 0.409 e. The van der Waals surface area contributed by atoms with Gasteiger partial charge in [0.25, 0.3) is 0 Å². The van der Waals surface area contributed by atoms with Gasteiger partial charge in [-0.2, -0.15) is 0 Å². The minimum absolute atomic E-state index is 0.0427. The molecule has 5 N–H and O–H groups in total. The van der Waals surface area contributed by atoms with Gasteiger partial charge in [0, 0.05) is 12.1 Å². The number of nitrogens with zero attached hydrogens (tertiary/aromatic N) is 1. The summed E-state index contributed by atoms with van der Waals surface area (Å²) in [6.45, 7) is 2.55. The third kappa shape index (κ3) is 3.81. The van der Waals surface area contributed by atoms with Crippen molar-refractivity contribution in [3.63, 3.8) is 0 Å². The molecule has 0 fully saturated rings. The van der Waals surface area contributed by atoms with E-state index in [1.54, 1.807) is 12.1 Å². The molecule has 6 nitrogen and oxygen atoms in total. The normalized spacial score (nSPS) is 11.1. The molecule has 0 atom stereocenters. The molecule has 0 heterocycles. The van der Waals surface area contributed by atoms with Crippen molar-refractivity contribution in [3.05, 3.63) is 28.8 Å². The number of rotatable bonds is 4. The lowest BCUT2D eigenvalue weighted by Crippen LogP contribution is -2.29. The van der Waals surface area contributed by atoms with Crippen molar-refractivity contribution in [3.8, 4) is 0 Å². The Balaban J connectivity index is 2.77. The maximum Gasteiger partial charge on any atom is 0.319 e. The molecule has 0 bridgehead atoms. The van der Waals surface area contributed by atoms with Crippen LogP contribution in [0.4, 0.5) is 10.5 Å². The monoisotopic (exact) mass is 270 g/mol. The third-order valence-corrected chi connectivity index (χ3v) is 2.47. The number of benzene rings is 1. The highest BCUT2D eigenvalue weighted by molar-refractivity contribution is 6.34. The van der Waals surface area contributed by atoms with Gasteiger partial charge in [0.15, 0.2) is 5.84 Å². The molecule has 0 saturated heterocycles. The van der Waals surface area contributed by atoms with Gasteiger partial charge < -0.3 is 21.6 Å². The van der Waals surface area contributed by atoms with E-state index in [4.69, 9.17) is 22.5 Å². The lowest BCUT2D eigenvalue weighted by Gasteiger charge is -2.09. The van der Waals surface area contributed by atoms with Crippen molar-refractivity contribution < 1.29 is 10.0 Å². The first-order valence-electron chi connectivity index (χ1n) is 5.40. The van der Waals surface area contributed by atoms with Crippen LogP contribution in [0.5, 0.6) is 0 Å². The number of amidine groups is 1. The van der Waals surface area contributed by atoms with Crippen molar-refractivity contribution in [1.82, 2.24) is 5.32 Å². The SMILES string of the molecule is CCCNC(=O)Nc1ccc(/C(N)=N/O)cc1Cl. The van der Waals surface area contributed by atoms with E-state index < -0.39 is 0 Å². The average Bonchev–Trinajstić information content (AvgIpc) is 2.37. The lowest BCUT2D eigenvalue weighted by molar-refractivity contribution is 0.252. The summed E-state index contributed by atoms with van der Waals surface area (Å²) in [5.41, 5.74) is 6.35. The van der Waals surface area contributed by atoms with Gasteiger partial charge >= 0.3 is 6.03 Å². The van der Waals surface area contributed by atoms with Crippen LogP contribution >= 0.6 is 11.6 Å². The summed E-state index contributed by atoms with van der Waals surface area (Å²) in [4.78, 5) is 11.4. The van der Waals surface area contributed by atoms with Crippen LogP contribution in [0.1, 0.15) is 18.9 Å². The first-order valence-corrected chi connectivity index (χ1v) is 5.78. The maximum absolute atomic E-state index is 11.4. The number of anilines is 1. The van der Waals surface area contributed by atoms with E-state index in [1.165, 1.54) is 6.07 Å².